The van der Waals surface area contributed by atoms with E-state index in [0.29, 0.717) is 0 Å². The third-order valence-electron chi connectivity index (χ3n) is 3.34. The zero-order valence-electron chi connectivity index (χ0n) is 10.00. The van der Waals surface area contributed by atoms with Gasteiger partial charge in [-0.15, -0.1) is 0 Å². The molecule has 92 valence electrons. The van der Waals surface area contributed by atoms with Crippen molar-refractivity contribution >= 4 is 28.6 Å². The van der Waals surface area contributed by atoms with Gasteiger partial charge in [-0.3, -0.25) is 10.1 Å². The number of benzene rings is 1. The first kappa shape index (κ1) is 12.8. The second-order valence-corrected chi connectivity index (χ2v) is 5.99. The molecule has 0 saturated carbocycles. The van der Waals surface area contributed by atoms with Crippen molar-refractivity contribution in [2.24, 2.45) is 5.92 Å². The predicted molar refractivity (Wildman–Crippen MR) is 75.0 cm³/mol. The third kappa shape index (κ3) is 2.20. The Labute approximate surface area is 115 Å². The Morgan fingerprint density at radius 1 is 1.53 bits per heavy atom. The number of methoxy groups -OCH3 is 1. The molecule has 2 unspecified atom stereocenters. The van der Waals surface area contributed by atoms with Crippen LogP contribution in [0.15, 0.2) is 24.3 Å². The Hall–Kier alpha value is -0.620. The van der Waals surface area contributed by atoms with E-state index in [9.17, 15) is 4.79 Å². The van der Waals surface area contributed by atoms with E-state index in [1.165, 1.54) is 18.2 Å². The zero-order valence-corrected chi connectivity index (χ0v) is 12.2. The average molecular weight is 345 g/mol. The molecule has 0 bridgehead atoms. The predicted octanol–water partition coefficient (Wildman–Crippen LogP) is 2.23. The van der Waals surface area contributed by atoms with Gasteiger partial charge in [0.1, 0.15) is 3.55 Å². The maximum atomic E-state index is 11.8. The summed E-state index contributed by atoms with van der Waals surface area (Å²) in [4.78, 5) is 11.8. The molecule has 0 saturated heterocycles. The minimum Gasteiger partial charge on any atom is -0.469 e. The lowest BCUT2D eigenvalue weighted by Gasteiger charge is -2.38. The minimum absolute atomic E-state index is 0.177. The topological polar surface area (TPSA) is 38.3 Å². The van der Waals surface area contributed by atoms with Gasteiger partial charge < -0.3 is 4.74 Å². The molecule has 1 N–H and O–H groups in total. The number of esters is 1. The number of rotatable bonds is 2. The number of fused-ring (bicyclic) bond motifs is 1. The van der Waals surface area contributed by atoms with Crippen molar-refractivity contribution in [2.75, 3.05) is 13.7 Å². The molecule has 4 heteroatoms. The average Bonchev–Trinajstić information content (AvgIpc) is 2.37. The van der Waals surface area contributed by atoms with Crippen LogP contribution in [0.2, 0.25) is 0 Å². The fourth-order valence-corrected chi connectivity index (χ4v) is 3.34. The van der Waals surface area contributed by atoms with Crippen molar-refractivity contribution in [1.29, 1.82) is 0 Å². The van der Waals surface area contributed by atoms with Crippen molar-refractivity contribution in [3.8, 4) is 0 Å². The molecule has 1 aliphatic heterocycles. The van der Waals surface area contributed by atoms with Crippen molar-refractivity contribution < 1.29 is 9.53 Å². The maximum absolute atomic E-state index is 11.8. The minimum atomic E-state index is -0.361. The highest BCUT2D eigenvalue weighted by Crippen LogP contribution is 2.41. The highest BCUT2D eigenvalue weighted by molar-refractivity contribution is 14.1. The zero-order chi connectivity index (χ0) is 12.5. The molecule has 17 heavy (non-hydrogen) atoms. The molecule has 3 nitrogen and oxygen atoms in total. The molecule has 0 amide bonds. The number of nitrogens with one attached hydrogen (secondary N) is 1. The van der Waals surface area contributed by atoms with Crippen molar-refractivity contribution in [2.45, 2.75) is 16.9 Å². The quantitative estimate of drug-likeness (QED) is 0.387. The Kier molecular flexibility index (Phi) is 3.73. The molecule has 1 aromatic rings. The molecule has 2 rings (SSSR count). The second kappa shape index (κ2) is 4.94. The van der Waals surface area contributed by atoms with Gasteiger partial charge in [-0.25, -0.2) is 0 Å². The molecule has 0 aliphatic carbocycles. The molecular weight excluding hydrogens is 329 g/mol. The fourth-order valence-electron chi connectivity index (χ4n) is 2.29. The van der Waals surface area contributed by atoms with Gasteiger partial charge in [-0.2, -0.15) is 0 Å². The van der Waals surface area contributed by atoms with Crippen LogP contribution in [0.4, 0.5) is 0 Å². The first-order valence-electron chi connectivity index (χ1n) is 5.69. The number of alkyl halides is 1. The van der Waals surface area contributed by atoms with Gasteiger partial charge in [0.05, 0.1) is 13.0 Å². The molecule has 1 aliphatic rings. The Bertz CT molecular complexity index is 435. The largest absolute Gasteiger partial charge is 0.469 e. The van der Waals surface area contributed by atoms with E-state index < -0.39 is 0 Å². The summed E-state index contributed by atoms with van der Waals surface area (Å²) in [6.45, 7) is 2.80. The molecule has 0 spiro atoms. The summed E-state index contributed by atoms with van der Waals surface area (Å²) < 4.78 is 4.50. The summed E-state index contributed by atoms with van der Waals surface area (Å²) in [7, 11) is 1.44. The standard InChI is InChI=1S/C13H16INO2/c1-9(12(16)17-2)13(14)11-6-4-3-5-10(11)7-8-15-13/h3-6,9,15H,7-8H2,1-2H3. The van der Waals surface area contributed by atoms with E-state index in [-0.39, 0.29) is 15.4 Å². The highest BCUT2D eigenvalue weighted by atomic mass is 127. The van der Waals surface area contributed by atoms with Crippen LogP contribution in [0.1, 0.15) is 18.1 Å². The van der Waals surface area contributed by atoms with Gasteiger partial charge >= 0.3 is 5.97 Å². The molecule has 2 atom stereocenters. The Balaban J connectivity index is 2.42. The monoisotopic (exact) mass is 345 g/mol. The van der Waals surface area contributed by atoms with Crippen LogP contribution < -0.4 is 5.32 Å². The van der Waals surface area contributed by atoms with Gasteiger partial charge in [-0.05, 0) is 24.5 Å². The van der Waals surface area contributed by atoms with E-state index in [4.69, 9.17) is 4.74 Å². The van der Waals surface area contributed by atoms with Crippen LogP contribution in [0, 0.1) is 5.92 Å². The summed E-state index contributed by atoms with van der Waals surface area (Å²) in [6, 6.07) is 8.29. The lowest BCUT2D eigenvalue weighted by atomic mass is 9.87. The van der Waals surface area contributed by atoms with Crippen LogP contribution in [-0.4, -0.2) is 19.6 Å². The van der Waals surface area contributed by atoms with Crippen molar-refractivity contribution in [3.63, 3.8) is 0 Å². The van der Waals surface area contributed by atoms with Crippen molar-refractivity contribution in [1.82, 2.24) is 5.32 Å². The molecule has 0 aromatic heterocycles. The van der Waals surface area contributed by atoms with E-state index in [2.05, 4.69) is 40.0 Å². The van der Waals surface area contributed by atoms with Crippen LogP contribution in [-0.2, 0) is 19.5 Å². The van der Waals surface area contributed by atoms with Crippen LogP contribution in [0.3, 0.4) is 0 Å². The smallest absolute Gasteiger partial charge is 0.311 e. The summed E-state index contributed by atoms with van der Waals surface area (Å²) in [5.74, 6) is -0.391. The van der Waals surface area contributed by atoms with Crippen LogP contribution in [0.5, 0.6) is 0 Å². The van der Waals surface area contributed by atoms with Gasteiger partial charge in [0.15, 0.2) is 0 Å². The fraction of sp³-hybridized carbons (Fsp3) is 0.462. The first-order chi connectivity index (χ1) is 8.09. The summed E-state index contributed by atoms with van der Waals surface area (Å²) in [6.07, 6.45) is 1.01. The highest BCUT2D eigenvalue weighted by Gasteiger charge is 2.42. The van der Waals surface area contributed by atoms with E-state index in [1.807, 2.05) is 19.1 Å². The van der Waals surface area contributed by atoms with E-state index in [0.717, 1.165) is 13.0 Å². The van der Waals surface area contributed by atoms with Crippen LogP contribution >= 0.6 is 22.6 Å². The normalized spacial score (nSPS) is 24.9. The van der Waals surface area contributed by atoms with Gasteiger partial charge in [0, 0.05) is 6.54 Å². The van der Waals surface area contributed by atoms with Gasteiger partial charge in [0.25, 0.3) is 0 Å². The van der Waals surface area contributed by atoms with Crippen molar-refractivity contribution in [3.05, 3.63) is 35.4 Å². The lowest BCUT2D eigenvalue weighted by Crippen LogP contribution is -2.49. The SMILES string of the molecule is COC(=O)C(C)C1(I)NCCc2ccccc21. The number of hydrogen-bond donors (Lipinski definition) is 1. The Morgan fingerprint density at radius 2 is 2.24 bits per heavy atom. The molecule has 0 fully saturated rings. The van der Waals surface area contributed by atoms with E-state index >= 15 is 0 Å². The molecule has 1 heterocycles. The van der Waals surface area contributed by atoms with Gasteiger partial charge in [-0.1, -0.05) is 46.9 Å². The van der Waals surface area contributed by atoms with Gasteiger partial charge in [0.2, 0.25) is 0 Å². The maximum Gasteiger partial charge on any atom is 0.311 e. The number of hydrogen-bond acceptors (Lipinski definition) is 3. The van der Waals surface area contributed by atoms with Crippen LogP contribution in [0.25, 0.3) is 0 Å². The lowest BCUT2D eigenvalue weighted by molar-refractivity contribution is -0.146. The first-order valence-corrected chi connectivity index (χ1v) is 6.77. The Morgan fingerprint density at radius 3 is 2.94 bits per heavy atom. The number of carbonyl (C=O) groups is 1. The molecule has 0 radical (unpaired) electrons. The molecular formula is C13H16INO2. The summed E-state index contributed by atoms with van der Waals surface area (Å²) in [5.41, 5.74) is 2.51. The summed E-state index contributed by atoms with van der Waals surface area (Å²) in [5, 5.41) is 3.45. The second-order valence-electron chi connectivity index (χ2n) is 4.29. The number of halogens is 1. The summed E-state index contributed by atoms with van der Waals surface area (Å²) >= 11 is 2.33. The number of carbonyl (C=O) groups excluding carboxylic acids is 1. The molecule has 1 aromatic carbocycles. The number of ether oxygens (including phenoxy) is 1. The van der Waals surface area contributed by atoms with E-state index in [1.54, 1.807) is 0 Å². The third-order valence-corrected chi connectivity index (χ3v) is 5.23.